The molecule has 0 saturated heterocycles. The predicted octanol–water partition coefficient (Wildman–Crippen LogP) is 2.83. The highest BCUT2D eigenvalue weighted by Crippen LogP contribution is 2.19. The Bertz CT molecular complexity index is 765. The van der Waals surface area contributed by atoms with E-state index in [2.05, 4.69) is 10.3 Å². The van der Waals surface area contributed by atoms with Crippen LogP contribution in [0.3, 0.4) is 0 Å². The van der Waals surface area contributed by atoms with Crippen LogP contribution in [0.1, 0.15) is 26.3 Å². The van der Waals surface area contributed by atoms with Crippen molar-refractivity contribution in [2.75, 3.05) is 20.1 Å². The molecule has 0 saturated carbocycles. The van der Waals surface area contributed by atoms with Gasteiger partial charge in [-0.25, -0.2) is 9.18 Å². The summed E-state index contributed by atoms with van der Waals surface area (Å²) in [6.07, 6.45) is 1.87. The van der Waals surface area contributed by atoms with Gasteiger partial charge in [0, 0.05) is 30.7 Å². The first-order valence-electron chi connectivity index (χ1n) is 8.12. The van der Waals surface area contributed by atoms with Crippen molar-refractivity contribution >= 4 is 22.9 Å². The zero-order valence-electron chi connectivity index (χ0n) is 15.0. The van der Waals surface area contributed by atoms with Gasteiger partial charge in [-0.1, -0.05) is 0 Å². The topological polar surface area (TPSA) is 74.4 Å². The third-order valence-electron chi connectivity index (χ3n) is 3.53. The highest BCUT2D eigenvalue weighted by Gasteiger charge is 2.20. The molecule has 0 atom stereocenters. The maximum Gasteiger partial charge on any atom is 0.410 e. The molecule has 2 aromatic rings. The van der Waals surface area contributed by atoms with Crippen LogP contribution in [-0.2, 0) is 16.0 Å². The fourth-order valence-corrected chi connectivity index (χ4v) is 2.38. The standard InChI is InChI=1S/C18H24FN3O3/c1-18(2,3)25-17(24)22(4)11-16(23)20-8-7-12-10-21-15-9-13(19)5-6-14(12)15/h5-6,9-10,21H,7-8,11H2,1-4H3,(H,20,23). The molecule has 0 radical (unpaired) electrons. The van der Waals surface area contributed by atoms with E-state index in [1.54, 1.807) is 26.8 Å². The molecule has 0 aliphatic rings. The number of amides is 2. The van der Waals surface area contributed by atoms with Crippen molar-refractivity contribution in [3.05, 3.63) is 35.8 Å². The van der Waals surface area contributed by atoms with Gasteiger partial charge < -0.3 is 19.9 Å². The average molecular weight is 349 g/mol. The van der Waals surface area contributed by atoms with Gasteiger partial charge in [0.1, 0.15) is 18.0 Å². The number of rotatable bonds is 5. The Balaban J connectivity index is 1.81. The number of carbonyl (C=O) groups is 2. The number of H-pyrrole nitrogens is 1. The average Bonchev–Trinajstić information content (AvgIpc) is 2.87. The summed E-state index contributed by atoms with van der Waals surface area (Å²) in [4.78, 5) is 28.0. The van der Waals surface area contributed by atoms with Crippen molar-refractivity contribution in [2.24, 2.45) is 0 Å². The van der Waals surface area contributed by atoms with E-state index in [1.165, 1.54) is 24.1 Å². The summed E-state index contributed by atoms with van der Waals surface area (Å²) in [6, 6.07) is 4.57. The summed E-state index contributed by atoms with van der Waals surface area (Å²) in [6.45, 7) is 5.66. The predicted molar refractivity (Wildman–Crippen MR) is 93.8 cm³/mol. The van der Waals surface area contributed by atoms with E-state index < -0.39 is 11.7 Å². The number of carbonyl (C=O) groups excluding carboxylic acids is 2. The van der Waals surface area contributed by atoms with Crippen LogP contribution in [0.5, 0.6) is 0 Å². The first kappa shape index (κ1) is 18.8. The minimum atomic E-state index is -0.601. The largest absolute Gasteiger partial charge is 0.444 e. The number of aromatic amines is 1. The van der Waals surface area contributed by atoms with Gasteiger partial charge in [0.05, 0.1) is 0 Å². The second-order valence-corrected chi connectivity index (χ2v) is 6.94. The molecule has 1 aromatic carbocycles. The van der Waals surface area contributed by atoms with Gasteiger partial charge in [-0.3, -0.25) is 4.79 Å². The monoisotopic (exact) mass is 349 g/mol. The molecule has 2 rings (SSSR count). The lowest BCUT2D eigenvalue weighted by atomic mass is 10.1. The van der Waals surface area contributed by atoms with Crippen molar-refractivity contribution in [1.29, 1.82) is 0 Å². The Morgan fingerprint density at radius 1 is 1.32 bits per heavy atom. The second-order valence-electron chi connectivity index (χ2n) is 6.94. The van der Waals surface area contributed by atoms with Crippen LogP contribution in [0.15, 0.2) is 24.4 Å². The summed E-state index contributed by atoms with van der Waals surface area (Å²) in [5.74, 6) is -0.557. The summed E-state index contributed by atoms with van der Waals surface area (Å²) >= 11 is 0. The quantitative estimate of drug-likeness (QED) is 0.872. The van der Waals surface area contributed by atoms with Crippen LogP contribution in [-0.4, -0.2) is 47.6 Å². The summed E-state index contributed by atoms with van der Waals surface area (Å²) in [7, 11) is 1.52. The van der Waals surface area contributed by atoms with Crippen molar-refractivity contribution in [3.63, 3.8) is 0 Å². The second kappa shape index (κ2) is 7.55. The molecule has 2 amide bonds. The highest BCUT2D eigenvalue weighted by atomic mass is 19.1. The van der Waals surface area contributed by atoms with Crippen LogP contribution in [0, 0.1) is 5.82 Å². The van der Waals surface area contributed by atoms with Crippen molar-refractivity contribution in [3.8, 4) is 0 Å². The first-order chi connectivity index (χ1) is 11.7. The number of ether oxygens (including phenoxy) is 1. The van der Waals surface area contributed by atoms with Gasteiger partial charge >= 0.3 is 6.09 Å². The molecule has 1 aromatic heterocycles. The van der Waals surface area contributed by atoms with E-state index in [0.29, 0.717) is 13.0 Å². The van der Waals surface area contributed by atoms with E-state index in [0.717, 1.165) is 16.5 Å². The molecule has 7 heteroatoms. The number of hydrogen-bond donors (Lipinski definition) is 2. The molecule has 6 nitrogen and oxygen atoms in total. The molecule has 0 unspecified atom stereocenters. The van der Waals surface area contributed by atoms with E-state index in [9.17, 15) is 14.0 Å². The number of likely N-dealkylation sites (N-methyl/N-ethyl adjacent to an activating group) is 1. The Labute approximate surface area is 146 Å². The minimum absolute atomic E-state index is 0.0754. The highest BCUT2D eigenvalue weighted by molar-refractivity contribution is 5.84. The lowest BCUT2D eigenvalue weighted by molar-refractivity contribution is -0.121. The zero-order valence-corrected chi connectivity index (χ0v) is 15.0. The number of aromatic nitrogens is 1. The molecule has 0 aliphatic carbocycles. The first-order valence-corrected chi connectivity index (χ1v) is 8.12. The van der Waals surface area contributed by atoms with Gasteiger partial charge in [0.25, 0.3) is 0 Å². The van der Waals surface area contributed by atoms with Crippen molar-refractivity contribution in [2.45, 2.75) is 32.8 Å². The number of fused-ring (bicyclic) bond motifs is 1. The van der Waals surface area contributed by atoms with Crippen molar-refractivity contribution in [1.82, 2.24) is 15.2 Å². The summed E-state index contributed by atoms with van der Waals surface area (Å²) < 4.78 is 18.4. The SMILES string of the molecule is CN(CC(=O)NCCc1c[nH]c2cc(F)ccc12)C(=O)OC(C)(C)C. The lowest BCUT2D eigenvalue weighted by Gasteiger charge is -2.24. The summed E-state index contributed by atoms with van der Waals surface area (Å²) in [5.41, 5.74) is 1.12. The van der Waals surface area contributed by atoms with Gasteiger partial charge in [-0.2, -0.15) is 0 Å². The van der Waals surface area contributed by atoms with Gasteiger partial charge in [0.2, 0.25) is 5.91 Å². The van der Waals surface area contributed by atoms with Crippen LogP contribution in [0.25, 0.3) is 10.9 Å². The fraction of sp³-hybridized carbons (Fsp3) is 0.444. The van der Waals surface area contributed by atoms with E-state index in [-0.39, 0.29) is 18.3 Å². The van der Waals surface area contributed by atoms with Gasteiger partial charge in [0.15, 0.2) is 0 Å². The Morgan fingerprint density at radius 2 is 2.04 bits per heavy atom. The number of nitrogens with zero attached hydrogens (tertiary/aromatic N) is 1. The van der Waals surface area contributed by atoms with Crippen molar-refractivity contribution < 1.29 is 18.7 Å². The molecule has 0 bridgehead atoms. The molecule has 25 heavy (non-hydrogen) atoms. The van der Waals surface area contributed by atoms with E-state index >= 15 is 0 Å². The molecular formula is C18H24FN3O3. The molecule has 0 aliphatic heterocycles. The zero-order chi connectivity index (χ0) is 18.6. The maximum absolute atomic E-state index is 13.2. The Morgan fingerprint density at radius 3 is 2.72 bits per heavy atom. The van der Waals surface area contributed by atoms with E-state index in [1.807, 2.05) is 6.20 Å². The number of halogens is 1. The third kappa shape index (κ3) is 5.48. The Hall–Kier alpha value is -2.57. The lowest BCUT2D eigenvalue weighted by Crippen LogP contribution is -2.41. The molecule has 1 heterocycles. The van der Waals surface area contributed by atoms with Crippen LogP contribution < -0.4 is 5.32 Å². The number of benzene rings is 1. The normalized spacial score (nSPS) is 11.4. The molecule has 0 spiro atoms. The van der Waals surface area contributed by atoms with Gasteiger partial charge in [-0.05, 0) is 51.0 Å². The number of nitrogens with one attached hydrogen (secondary N) is 2. The molecule has 2 N–H and O–H groups in total. The Kier molecular flexibility index (Phi) is 5.66. The smallest absolute Gasteiger partial charge is 0.410 e. The molecular weight excluding hydrogens is 325 g/mol. The fourth-order valence-electron chi connectivity index (χ4n) is 2.38. The molecule has 136 valence electrons. The maximum atomic E-state index is 13.2. The third-order valence-corrected chi connectivity index (χ3v) is 3.53. The molecule has 0 fully saturated rings. The summed E-state index contributed by atoms with van der Waals surface area (Å²) in [5, 5.41) is 3.70. The van der Waals surface area contributed by atoms with Crippen LogP contribution >= 0.6 is 0 Å². The number of hydrogen-bond acceptors (Lipinski definition) is 3. The van der Waals surface area contributed by atoms with Crippen LogP contribution in [0.4, 0.5) is 9.18 Å². The van der Waals surface area contributed by atoms with Crippen LogP contribution in [0.2, 0.25) is 0 Å². The van der Waals surface area contributed by atoms with E-state index in [4.69, 9.17) is 4.74 Å². The van der Waals surface area contributed by atoms with Gasteiger partial charge in [-0.15, -0.1) is 0 Å². The minimum Gasteiger partial charge on any atom is -0.444 e.